The van der Waals surface area contributed by atoms with Crippen LogP contribution in [0.4, 0.5) is 13.2 Å². The Bertz CT molecular complexity index is 615. The van der Waals surface area contributed by atoms with Gasteiger partial charge in [-0.25, -0.2) is 0 Å². The highest BCUT2D eigenvalue weighted by Crippen LogP contribution is 2.38. The maximum atomic E-state index is 12.7. The fraction of sp³-hybridized carbons (Fsp3) is 0.250. The molecule has 0 heterocycles. The molecule has 0 saturated heterocycles. The van der Waals surface area contributed by atoms with Crippen molar-refractivity contribution in [2.45, 2.75) is 25.9 Å². The standard InChI is InChI=1S/C16H13ClF3/c1-10(2)12-5-3-4-6-13(12)11-7-8-14(15(17)9-11)16(18,19)20/h4-10H,1-2H3. The predicted octanol–water partition coefficient (Wildman–Crippen LogP) is 5.95. The van der Waals surface area contributed by atoms with E-state index in [-0.39, 0.29) is 10.9 Å². The molecule has 0 fully saturated rings. The minimum Gasteiger partial charge on any atom is -0.166 e. The van der Waals surface area contributed by atoms with Crippen LogP contribution in [0.5, 0.6) is 0 Å². The Morgan fingerprint density at radius 2 is 1.85 bits per heavy atom. The zero-order chi connectivity index (χ0) is 14.9. The quantitative estimate of drug-likeness (QED) is 0.642. The molecule has 0 aliphatic rings. The Balaban J connectivity index is 2.53. The number of hydrogen-bond donors (Lipinski definition) is 0. The third-order valence-corrected chi connectivity index (χ3v) is 3.42. The Morgan fingerprint density at radius 3 is 2.40 bits per heavy atom. The maximum Gasteiger partial charge on any atom is 0.417 e. The van der Waals surface area contributed by atoms with E-state index in [4.69, 9.17) is 11.6 Å². The topological polar surface area (TPSA) is 0 Å². The molecule has 1 radical (unpaired) electrons. The monoisotopic (exact) mass is 297 g/mol. The van der Waals surface area contributed by atoms with Crippen molar-refractivity contribution in [1.82, 2.24) is 0 Å². The lowest BCUT2D eigenvalue weighted by Gasteiger charge is -2.14. The van der Waals surface area contributed by atoms with Crippen LogP contribution in [-0.2, 0) is 6.18 Å². The summed E-state index contributed by atoms with van der Waals surface area (Å²) in [4.78, 5) is 0. The SMILES string of the molecule is CC(C)c1c[c]ccc1-c1ccc(C(F)(F)F)c(Cl)c1. The van der Waals surface area contributed by atoms with Crippen molar-refractivity contribution in [3.05, 3.63) is 58.6 Å². The van der Waals surface area contributed by atoms with Crippen molar-refractivity contribution in [2.75, 3.05) is 0 Å². The zero-order valence-corrected chi connectivity index (χ0v) is 11.8. The molecule has 0 amide bonds. The van der Waals surface area contributed by atoms with Gasteiger partial charge < -0.3 is 0 Å². The van der Waals surface area contributed by atoms with Crippen molar-refractivity contribution >= 4 is 11.6 Å². The van der Waals surface area contributed by atoms with Crippen LogP contribution in [0.2, 0.25) is 5.02 Å². The molecule has 0 atom stereocenters. The van der Waals surface area contributed by atoms with E-state index in [1.807, 2.05) is 26.0 Å². The van der Waals surface area contributed by atoms with Gasteiger partial charge in [-0.15, -0.1) is 0 Å². The van der Waals surface area contributed by atoms with Gasteiger partial charge >= 0.3 is 6.18 Å². The van der Waals surface area contributed by atoms with Gasteiger partial charge in [-0.2, -0.15) is 13.2 Å². The van der Waals surface area contributed by atoms with Crippen molar-refractivity contribution in [2.24, 2.45) is 0 Å². The first-order chi connectivity index (χ1) is 9.30. The molecule has 2 aromatic rings. The molecule has 0 aromatic heterocycles. The van der Waals surface area contributed by atoms with Gasteiger partial charge in [0, 0.05) is 0 Å². The first-order valence-corrected chi connectivity index (χ1v) is 6.55. The lowest BCUT2D eigenvalue weighted by molar-refractivity contribution is -0.137. The van der Waals surface area contributed by atoms with E-state index in [0.29, 0.717) is 5.56 Å². The summed E-state index contributed by atoms with van der Waals surface area (Å²) in [5.74, 6) is 0.253. The van der Waals surface area contributed by atoms with E-state index in [1.165, 1.54) is 12.1 Å². The lowest BCUT2D eigenvalue weighted by Crippen LogP contribution is -2.05. The summed E-state index contributed by atoms with van der Waals surface area (Å²) >= 11 is 5.77. The van der Waals surface area contributed by atoms with E-state index in [2.05, 4.69) is 6.07 Å². The van der Waals surface area contributed by atoms with E-state index in [0.717, 1.165) is 17.2 Å². The van der Waals surface area contributed by atoms with Crippen molar-refractivity contribution in [1.29, 1.82) is 0 Å². The van der Waals surface area contributed by atoms with Crippen molar-refractivity contribution in [3.63, 3.8) is 0 Å². The number of benzene rings is 2. The van der Waals surface area contributed by atoms with Gasteiger partial charge in [0.2, 0.25) is 0 Å². The van der Waals surface area contributed by atoms with Crippen molar-refractivity contribution < 1.29 is 13.2 Å². The third-order valence-electron chi connectivity index (χ3n) is 3.10. The summed E-state index contributed by atoms with van der Waals surface area (Å²) in [6, 6.07) is 12.3. The molecule has 0 saturated carbocycles. The number of rotatable bonds is 2. The highest BCUT2D eigenvalue weighted by atomic mass is 35.5. The van der Waals surface area contributed by atoms with Gasteiger partial charge in [-0.05, 0) is 40.8 Å². The average Bonchev–Trinajstić information content (AvgIpc) is 2.37. The van der Waals surface area contributed by atoms with E-state index < -0.39 is 11.7 Å². The molecular formula is C16H13ClF3. The third kappa shape index (κ3) is 2.98. The molecule has 0 bridgehead atoms. The van der Waals surface area contributed by atoms with Crippen LogP contribution in [0.25, 0.3) is 11.1 Å². The van der Waals surface area contributed by atoms with E-state index >= 15 is 0 Å². The fourth-order valence-corrected chi connectivity index (χ4v) is 2.38. The predicted molar refractivity (Wildman–Crippen MR) is 74.8 cm³/mol. The molecule has 0 aliphatic carbocycles. The highest BCUT2D eigenvalue weighted by molar-refractivity contribution is 6.31. The molecule has 2 aromatic carbocycles. The molecule has 0 aliphatic heterocycles. The molecule has 0 nitrogen and oxygen atoms in total. The smallest absolute Gasteiger partial charge is 0.166 e. The number of hydrogen-bond acceptors (Lipinski definition) is 0. The Hall–Kier alpha value is -1.48. The summed E-state index contributed by atoms with van der Waals surface area (Å²) in [5, 5.41) is -0.280. The molecule has 20 heavy (non-hydrogen) atoms. The summed E-state index contributed by atoms with van der Waals surface area (Å²) in [6.45, 7) is 4.05. The number of halogens is 4. The zero-order valence-electron chi connectivity index (χ0n) is 11.1. The van der Waals surface area contributed by atoms with Gasteiger partial charge in [-0.3, -0.25) is 0 Å². The second kappa shape index (κ2) is 5.49. The first-order valence-electron chi connectivity index (χ1n) is 6.18. The Kier molecular flexibility index (Phi) is 4.09. The minimum absolute atomic E-state index is 0.253. The minimum atomic E-state index is -4.43. The van der Waals surface area contributed by atoms with Gasteiger partial charge in [-0.1, -0.05) is 49.7 Å². The molecule has 0 unspecified atom stereocenters. The molecule has 2 rings (SSSR count). The van der Waals surface area contributed by atoms with Gasteiger partial charge in [0.05, 0.1) is 10.6 Å². The summed E-state index contributed by atoms with van der Waals surface area (Å²) in [6.07, 6.45) is -4.43. The Labute approximate surface area is 121 Å². The summed E-state index contributed by atoms with van der Waals surface area (Å²) in [7, 11) is 0. The van der Waals surface area contributed by atoms with Crippen LogP contribution in [0.3, 0.4) is 0 Å². The van der Waals surface area contributed by atoms with E-state index in [9.17, 15) is 13.2 Å². The normalized spacial score (nSPS) is 11.9. The van der Waals surface area contributed by atoms with E-state index in [1.54, 1.807) is 6.07 Å². The summed E-state index contributed by atoms with van der Waals surface area (Å²) < 4.78 is 38.1. The second-order valence-electron chi connectivity index (χ2n) is 4.86. The summed E-state index contributed by atoms with van der Waals surface area (Å²) in [5.41, 5.74) is 1.79. The van der Waals surface area contributed by atoms with Crippen LogP contribution in [0.1, 0.15) is 30.9 Å². The second-order valence-corrected chi connectivity index (χ2v) is 5.27. The van der Waals surface area contributed by atoms with Crippen molar-refractivity contribution in [3.8, 4) is 11.1 Å². The van der Waals surface area contributed by atoms with Crippen LogP contribution in [0, 0.1) is 6.07 Å². The molecule has 105 valence electrons. The van der Waals surface area contributed by atoms with Crippen LogP contribution >= 0.6 is 11.6 Å². The highest BCUT2D eigenvalue weighted by Gasteiger charge is 2.33. The largest absolute Gasteiger partial charge is 0.417 e. The molecule has 4 heteroatoms. The number of alkyl halides is 3. The Morgan fingerprint density at radius 1 is 1.15 bits per heavy atom. The van der Waals surface area contributed by atoms with Crippen LogP contribution in [0.15, 0.2) is 36.4 Å². The first kappa shape index (κ1) is 14.9. The average molecular weight is 298 g/mol. The lowest BCUT2D eigenvalue weighted by atomic mass is 9.92. The van der Waals surface area contributed by atoms with Crippen LogP contribution < -0.4 is 0 Å². The molecular weight excluding hydrogens is 285 g/mol. The van der Waals surface area contributed by atoms with Gasteiger partial charge in [0.1, 0.15) is 0 Å². The molecule has 0 spiro atoms. The fourth-order valence-electron chi connectivity index (χ4n) is 2.10. The maximum absolute atomic E-state index is 12.7. The van der Waals surface area contributed by atoms with Gasteiger partial charge in [0.15, 0.2) is 0 Å². The molecule has 0 N–H and O–H groups in total. The van der Waals surface area contributed by atoms with Crippen LogP contribution in [-0.4, -0.2) is 0 Å². The van der Waals surface area contributed by atoms with Gasteiger partial charge in [0.25, 0.3) is 0 Å².